The number of carbonyl (C=O) groups excluding carboxylic acids is 2. The number of para-hydroxylation sites is 1. The average molecular weight is 455 g/mol. The molecule has 1 heterocycles. The van der Waals surface area contributed by atoms with Crippen LogP contribution in [0.25, 0.3) is 0 Å². The Morgan fingerprint density at radius 2 is 1.82 bits per heavy atom. The number of halogens is 1. The maximum atomic E-state index is 13.5. The molecule has 9 heteroatoms. The number of likely N-dealkylation sites (N-methyl/N-ethyl adjacent to an activating group) is 1. The lowest BCUT2D eigenvalue weighted by Gasteiger charge is -2.17. The maximum absolute atomic E-state index is 13.5. The van der Waals surface area contributed by atoms with E-state index in [1.54, 1.807) is 36.3 Å². The molecule has 0 saturated carbocycles. The van der Waals surface area contributed by atoms with Crippen LogP contribution >= 0.6 is 0 Å². The predicted molar refractivity (Wildman–Crippen MR) is 122 cm³/mol. The van der Waals surface area contributed by atoms with E-state index in [0.29, 0.717) is 19.0 Å². The molecule has 0 saturated heterocycles. The highest BCUT2D eigenvalue weighted by atomic mass is 19.1. The number of aromatic nitrogens is 2. The van der Waals surface area contributed by atoms with E-state index in [2.05, 4.69) is 10.4 Å². The van der Waals surface area contributed by atoms with E-state index in [1.807, 2.05) is 31.2 Å². The minimum absolute atomic E-state index is 0.0292. The van der Waals surface area contributed by atoms with Crippen LogP contribution in [0.3, 0.4) is 0 Å². The summed E-state index contributed by atoms with van der Waals surface area (Å²) in [5.41, 5.74) is 1.15. The van der Waals surface area contributed by atoms with Gasteiger partial charge in [-0.05, 0) is 31.2 Å². The summed E-state index contributed by atoms with van der Waals surface area (Å²) in [4.78, 5) is 26.0. The van der Waals surface area contributed by atoms with Gasteiger partial charge >= 0.3 is 0 Å². The van der Waals surface area contributed by atoms with Gasteiger partial charge in [0.15, 0.2) is 17.4 Å². The van der Waals surface area contributed by atoms with Gasteiger partial charge in [0.05, 0.1) is 19.6 Å². The molecular weight excluding hydrogens is 427 g/mol. The Morgan fingerprint density at radius 3 is 2.58 bits per heavy atom. The van der Waals surface area contributed by atoms with E-state index in [-0.39, 0.29) is 37.1 Å². The zero-order valence-electron chi connectivity index (χ0n) is 18.7. The molecule has 3 aromatic rings. The Balaban J connectivity index is 1.37. The van der Waals surface area contributed by atoms with Gasteiger partial charge in [0, 0.05) is 19.3 Å². The predicted octanol–water partition coefficient (Wildman–Crippen LogP) is 3.28. The summed E-state index contributed by atoms with van der Waals surface area (Å²) in [6.07, 6.45) is 1.64. The Morgan fingerprint density at radius 1 is 1.06 bits per heavy atom. The fraction of sp³-hybridized carbons (Fsp3) is 0.292. The van der Waals surface area contributed by atoms with Crippen LogP contribution in [0, 0.1) is 12.7 Å². The molecule has 0 spiro atoms. The third-order valence-corrected chi connectivity index (χ3v) is 4.77. The minimum atomic E-state index is -0.479. The monoisotopic (exact) mass is 454 g/mol. The van der Waals surface area contributed by atoms with Crippen LogP contribution in [0.15, 0.2) is 60.8 Å². The highest BCUT2D eigenvalue weighted by Gasteiger charge is 2.12. The molecule has 174 valence electrons. The van der Waals surface area contributed by atoms with Crippen molar-refractivity contribution in [3.05, 3.63) is 72.2 Å². The van der Waals surface area contributed by atoms with Crippen molar-refractivity contribution in [3.8, 4) is 11.5 Å². The molecule has 2 amide bonds. The summed E-state index contributed by atoms with van der Waals surface area (Å²) in [5, 5.41) is 6.83. The van der Waals surface area contributed by atoms with E-state index < -0.39 is 5.82 Å². The third-order valence-electron chi connectivity index (χ3n) is 4.77. The third kappa shape index (κ3) is 7.64. The Hall–Kier alpha value is -3.88. The zero-order chi connectivity index (χ0) is 23.6. The standard InChI is InChI=1S/C24H27FN4O4/c1-18-7-9-19(10-8-18)32-16-14-28(2)24(31)17-29-13-11-22(27-29)26-23(30)12-15-33-21-6-4-3-5-20(21)25/h3-11,13H,12,14-17H2,1-2H3,(H,26,27,30). The van der Waals surface area contributed by atoms with Crippen molar-refractivity contribution in [2.24, 2.45) is 0 Å². The molecule has 2 aromatic carbocycles. The van der Waals surface area contributed by atoms with Crippen LogP contribution < -0.4 is 14.8 Å². The highest BCUT2D eigenvalue weighted by Crippen LogP contribution is 2.15. The number of carbonyl (C=O) groups is 2. The van der Waals surface area contributed by atoms with E-state index in [1.165, 1.54) is 16.8 Å². The fourth-order valence-electron chi connectivity index (χ4n) is 2.86. The number of hydrogen-bond donors (Lipinski definition) is 1. The number of anilines is 1. The molecule has 1 aromatic heterocycles. The first-order valence-corrected chi connectivity index (χ1v) is 10.5. The van der Waals surface area contributed by atoms with Gasteiger partial charge in [-0.2, -0.15) is 5.10 Å². The number of amides is 2. The molecule has 0 radical (unpaired) electrons. The van der Waals surface area contributed by atoms with Crippen LogP contribution in [-0.2, 0) is 16.1 Å². The lowest BCUT2D eigenvalue weighted by Crippen LogP contribution is -2.33. The van der Waals surface area contributed by atoms with Gasteiger partial charge in [-0.15, -0.1) is 0 Å². The summed E-state index contributed by atoms with van der Waals surface area (Å²) in [6.45, 7) is 2.88. The zero-order valence-corrected chi connectivity index (χ0v) is 18.7. The molecule has 0 atom stereocenters. The summed E-state index contributed by atoms with van der Waals surface area (Å²) in [6, 6.07) is 15.3. The maximum Gasteiger partial charge on any atom is 0.244 e. The number of nitrogens with one attached hydrogen (secondary N) is 1. The van der Waals surface area contributed by atoms with Crippen LogP contribution in [0.1, 0.15) is 12.0 Å². The molecular formula is C24H27FN4O4. The van der Waals surface area contributed by atoms with Crippen LogP contribution in [0.4, 0.5) is 10.2 Å². The Bertz CT molecular complexity index is 1070. The van der Waals surface area contributed by atoms with E-state index in [0.717, 1.165) is 11.3 Å². The fourth-order valence-corrected chi connectivity index (χ4v) is 2.86. The second kappa shape index (κ2) is 11.7. The van der Waals surface area contributed by atoms with Crippen molar-refractivity contribution >= 4 is 17.6 Å². The average Bonchev–Trinajstić information content (AvgIpc) is 3.22. The molecule has 0 bridgehead atoms. The normalized spacial score (nSPS) is 10.5. The van der Waals surface area contributed by atoms with Gasteiger partial charge < -0.3 is 19.7 Å². The Kier molecular flexibility index (Phi) is 8.40. The van der Waals surface area contributed by atoms with Gasteiger partial charge in [0.1, 0.15) is 18.9 Å². The second-order valence-electron chi connectivity index (χ2n) is 7.45. The van der Waals surface area contributed by atoms with Crippen LogP contribution in [0.5, 0.6) is 11.5 Å². The smallest absolute Gasteiger partial charge is 0.244 e. The molecule has 3 rings (SSSR count). The van der Waals surface area contributed by atoms with E-state index in [4.69, 9.17) is 9.47 Å². The van der Waals surface area contributed by atoms with Crippen molar-refractivity contribution in [2.75, 3.05) is 32.1 Å². The van der Waals surface area contributed by atoms with Gasteiger partial charge in [-0.25, -0.2) is 4.39 Å². The number of aryl methyl sites for hydroxylation is 1. The number of ether oxygens (including phenoxy) is 2. The summed E-state index contributed by atoms with van der Waals surface area (Å²) in [5.74, 6) is 0.238. The molecule has 33 heavy (non-hydrogen) atoms. The van der Waals surface area contributed by atoms with Gasteiger partial charge in [0.2, 0.25) is 11.8 Å². The highest BCUT2D eigenvalue weighted by molar-refractivity contribution is 5.89. The minimum Gasteiger partial charge on any atom is -0.492 e. The number of nitrogens with zero attached hydrogens (tertiary/aromatic N) is 3. The first kappa shape index (κ1) is 23.8. The van der Waals surface area contributed by atoms with E-state index >= 15 is 0 Å². The Labute approximate surface area is 191 Å². The number of rotatable bonds is 11. The summed E-state index contributed by atoms with van der Waals surface area (Å²) < 4.78 is 25.9. The number of hydrogen-bond acceptors (Lipinski definition) is 5. The van der Waals surface area contributed by atoms with Gasteiger partial charge in [-0.3, -0.25) is 14.3 Å². The van der Waals surface area contributed by atoms with Crippen LogP contribution in [0.2, 0.25) is 0 Å². The van der Waals surface area contributed by atoms with Crippen molar-refractivity contribution in [1.82, 2.24) is 14.7 Å². The summed E-state index contributed by atoms with van der Waals surface area (Å²) in [7, 11) is 1.70. The molecule has 0 fully saturated rings. The van der Waals surface area contributed by atoms with E-state index in [9.17, 15) is 14.0 Å². The SMILES string of the molecule is Cc1ccc(OCCN(C)C(=O)Cn2ccc(NC(=O)CCOc3ccccc3F)n2)cc1. The van der Waals surface area contributed by atoms with Gasteiger partial charge in [-0.1, -0.05) is 29.8 Å². The number of benzene rings is 2. The largest absolute Gasteiger partial charge is 0.492 e. The van der Waals surface area contributed by atoms with Crippen molar-refractivity contribution < 1.29 is 23.5 Å². The molecule has 8 nitrogen and oxygen atoms in total. The van der Waals surface area contributed by atoms with Crippen molar-refractivity contribution in [2.45, 2.75) is 19.9 Å². The molecule has 1 N–H and O–H groups in total. The molecule has 0 aliphatic rings. The molecule has 0 aliphatic heterocycles. The first-order valence-electron chi connectivity index (χ1n) is 10.5. The molecule has 0 aliphatic carbocycles. The van der Waals surface area contributed by atoms with Crippen molar-refractivity contribution in [1.29, 1.82) is 0 Å². The van der Waals surface area contributed by atoms with Gasteiger partial charge in [0.25, 0.3) is 0 Å². The lowest BCUT2D eigenvalue weighted by atomic mass is 10.2. The second-order valence-corrected chi connectivity index (χ2v) is 7.45. The van der Waals surface area contributed by atoms with Crippen LogP contribution in [-0.4, -0.2) is 53.3 Å². The quantitative estimate of drug-likeness (QED) is 0.481. The topological polar surface area (TPSA) is 85.7 Å². The molecule has 0 unspecified atom stereocenters. The lowest BCUT2D eigenvalue weighted by molar-refractivity contribution is -0.131. The van der Waals surface area contributed by atoms with Crippen molar-refractivity contribution in [3.63, 3.8) is 0 Å². The summed E-state index contributed by atoms with van der Waals surface area (Å²) >= 11 is 0. The first-order chi connectivity index (χ1) is 15.9.